The van der Waals surface area contributed by atoms with Crippen LogP contribution in [-0.4, -0.2) is 0 Å². The molecule has 0 N–H and O–H groups in total. The maximum atomic E-state index is 3.95. The van der Waals surface area contributed by atoms with Crippen molar-refractivity contribution in [3.05, 3.63) is 105 Å². The van der Waals surface area contributed by atoms with E-state index in [4.69, 9.17) is 0 Å². The van der Waals surface area contributed by atoms with Crippen LogP contribution in [0.1, 0.15) is 20.9 Å². The topological polar surface area (TPSA) is 0 Å². The van der Waals surface area contributed by atoms with Crippen LogP contribution in [0.25, 0.3) is 96.8 Å². The van der Waals surface area contributed by atoms with Crippen LogP contribution >= 0.6 is 241 Å². The first-order chi connectivity index (χ1) is 29.7. The predicted octanol–water partition coefficient (Wildman–Crippen LogP) is 24.9. The number of fused-ring (bicyclic) bond motifs is 6. The minimum atomic E-state index is 1.19. The largest absolute Gasteiger partial charge is 0.138 e. The van der Waals surface area contributed by atoms with E-state index >= 15 is 0 Å². The highest BCUT2D eigenvalue weighted by molar-refractivity contribution is 9.12. The van der Waals surface area contributed by atoms with Crippen molar-refractivity contribution in [2.75, 3.05) is 0 Å². The smallest absolute Gasteiger partial charge is 0.0618 e. The fourth-order valence-corrected chi connectivity index (χ4v) is 28.7. The van der Waals surface area contributed by atoms with Crippen molar-refractivity contribution < 1.29 is 0 Å². The maximum Gasteiger partial charge on any atom is 0.0618 e. The Morgan fingerprint density at radius 3 is 0.871 bits per heavy atom. The van der Waals surface area contributed by atoms with Crippen molar-refractivity contribution in [1.29, 1.82) is 0 Å². The molecule has 10 heterocycles. The summed E-state index contributed by atoms with van der Waals surface area (Å²) < 4.78 is 22.9. The number of hydrogen-bond donors (Lipinski definition) is 0. The van der Waals surface area contributed by atoms with Crippen LogP contribution in [0.2, 0.25) is 0 Å². The van der Waals surface area contributed by atoms with Crippen molar-refractivity contribution >= 4 is 299 Å². The lowest BCUT2D eigenvalue weighted by Crippen LogP contribution is -1.71. The Labute approximate surface area is 463 Å². The summed E-state index contributed by atoms with van der Waals surface area (Å²) in [5.74, 6) is 0. The Morgan fingerprint density at radius 1 is 0.274 bits per heavy atom. The molecule has 0 aliphatic rings. The van der Waals surface area contributed by atoms with Gasteiger partial charge in [0, 0.05) is 48.3 Å². The third-order valence-electron chi connectivity index (χ3n) is 10.1. The fraction of sp³-hybridized carbons (Fsp3) is 0.0909. The van der Waals surface area contributed by atoms with Gasteiger partial charge in [0.2, 0.25) is 0 Å². The van der Waals surface area contributed by atoms with E-state index < -0.39 is 0 Å². The first-order valence-corrected chi connectivity index (χ1v) is 32.7. The lowest BCUT2D eigenvalue weighted by Gasteiger charge is -1.98. The van der Waals surface area contributed by atoms with Gasteiger partial charge in [0.25, 0.3) is 0 Å². The molecule has 0 atom stereocenters. The molecule has 0 aliphatic heterocycles. The zero-order valence-corrected chi connectivity index (χ0v) is 52.6. The Hall–Kier alpha value is 0.840. The molecule has 312 valence electrons. The standard InChI is InChI=1S/C24H12Br4S4.C20H8Br4S6/c1-9-3-5-11-13(7-9)29-19(15(11)25)21-17(27)23-24(31-21)18(28)22(32-23)20-16(26)12-6-4-10(2)8-14(12)30-20;1-5-3-7-13(25-5)9(21)15(27-7)17-11(23)19-20(29-17)12(24)18(30-19)16-10(22)14-8(28-16)4-6(2)26-14/h3-8H,1-2H3;3-4H,1-2H3. The zero-order chi connectivity index (χ0) is 43.2. The first kappa shape index (κ1) is 45.3. The average Bonchev–Trinajstić information content (AvgIpc) is 4.13. The minimum absolute atomic E-state index is 1.19. The van der Waals surface area contributed by atoms with Crippen LogP contribution in [-0.2, 0) is 0 Å². The third-order valence-corrected chi connectivity index (χ3v) is 32.9. The highest BCUT2D eigenvalue weighted by Crippen LogP contribution is 2.60. The van der Waals surface area contributed by atoms with Crippen molar-refractivity contribution in [2.24, 2.45) is 0 Å². The molecule has 0 saturated heterocycles. The highest BCUT2D eigenvalue weighted by Gasteiger charge is 2.28. The van der Waals surface area contributed by atoms with Gasteiger partial charge in [-0.1, -0.05) is 24.3 Å². The van der Waals surface area contributed by atoms with Crippen molar-refractivity contribution in [3.8, 4) is 39.0 Å². The molecule has 0 fully saturated rings. The van der Waals surface area contributed by atoms with Gasteiger partial charge in [0.1, 0.15) is 0 Å². The molecule has 12 rings (SSSR count). The molecule has 0 nitrogen and oxygen atoms in total. The van der Waals surface area contributed by atoms with E-state index in [0.717, 1.165) is 0 Å². The van der Waals surface area contributed by atoms with Crippen molar-refractivity contribution in [2.45, 2.75) is 27.7 Å². The normalized spacial score (nSPS) is 12.2. The molecule has 0 saturated carbocycles. The number of aryl methyl sites for hydroxylation is 4. The molecule has 0 spiro atoms. The molecule has 62 heavy (non-hydrogen) atoms. The Balaban J connectivity index is 0.000000140. The van der Waals surface area contributed by atoms with Crippen molar-refractivity contribution in [3.63, 3.8) is 0 Å². The van der Waals surface area contributed by atoms with E-state index in [2.05, 4.69) is 204 Å². The molecule has 12 aromatic rings. The predicted molar refractivity (Wildman–Crippen MR) is 319 cm³/mol. The number of thiophene rings is 10. The molecule has 2 aromatic carbocycles. The highest BCUT2D eigenvalue weighted by atomic mass is 79.9. The molecule has 0 bridgehead atoms. The summed E-state index contributed by atoms with van der Waals surface area (Å²) in [5.41, 5.74) is 2.58. The van der Waals surface area contributed by atoms with Crippen LogP contribution in [0, 0.1) is 27.7 Å². The van der Waals surface area contributed by atoms with Crippen molar-refractivity contribution in [1.82, 2.24) is 0 Å². The van der Waals surface area contributed by atoms with E-state index in [0.29, 0.717) is 0 Å². The summed E-state index contributed by atoms with van der Waals surface area (Å²) in [7, 11) is 0. The van der Waals surface area contributed by atoms with Gasteiger partial charge in [-0.3, -0.25) is 0 Å². The minimum Gasteiger partial charge on any atom is -0.138 e. The van der Waals surface area contributed by atoms with Crippen LogP contribution < -0.4 is 0 Å². The quantitative estimate of drug-likeness (QED) is 0.165. The van der Waals surface area contributed by atoms with Gasteiger partial charge in [0.15, 0.2) is 0 Å². The Morgan fingerprint density at radius 2 is 0.548 bits per heavy atom. The van der Waals surface area contributed by atoms with Crippen LogP contribution in [0.3, 0.4) is 0 Å². The van der Waals surface area contributed by atoms with E-state index in [9.17, 15) is 0 Å². The number of halogens is 8. The summed E-state index contributed by atoms with van der Waals surface area (Å²) in [6.07, 6.45) is 0. The monoisotopic (exact) mass is 1500 g/mol. The van der Waals surface area contributed by atoms with Crippen LogP contribution in [0.4, 0.5) is 0 Å². The van der Waals surface area contributed by atoms with Gasteiger partial charge in [-0.25, -0.2) is 0 Å². The summed E-state index contributed by atoms with van der Waals surface area (Å²) in [6.45, 7) is 8.65. The Kier molecular flexibility index (Phi) is 12.7. The summed E-state index contributed by atoms with van der Waals surface area (Å²) in [6, 6.07) is 17.9. The van der Waals surface area contributed by atoms with E-state index in [1.807, 2.05) is 113 Å². The van der Waals surface area contributed by atoms with Gasteiger partial charge in [-0.05, 0) is 191 Å². The fourth-order valence-electron chi connectivity index (χ4n) is 7.23. The Bertz CT molecular complexity index is 3560. The van der Waals surface area contributed by atoms with Gasteiger partial charge in [0.05, 0.1) is 94.1 Å². The number of rotatable bonds is 4. The average molecular weight is 1510 g/mol. The second-order valence-corrected chi connectivity index (χ2v) is 31.5. The third kappa shape index (κ3) is 7.46. The number of benzene rings is 2. The molecule has 0 aliphatic carbocycles. The maximum absolute atomic E-state index is 3.95. The van der Waals surface area contributed by atoms with Gasteiger partial charge in [-0.2, -0.15) is 0 Å². The second kappa shape index (κ2) is 17.4. The SMILES string of the molecule is Cc1cc2sc(-c3sc4c(Br)c(-c5sc6cc(C)sc6c5Br)sc4c3Br)c(Br)c2s1.Cc1ccc2c(Br)c(-c3sc4c(Br)c(-c5sc6cc(C)ccc6c5Br)sc4c3Br)sc2c1. The summed E-state index contributed by atoms with van der Waals surface area (Å²) in [4.78, 5) is 13.1. The zero-order valence-electron chi connectivity index (χ0n) is 31.7. The van der Waals surface area contributed by atoms with Gasteiger partial charge in [-0.15, -0.1) is 113 Å². The van der Waals surface area contributed by atoms with E-state index in [1.165, 1.54) is 153 Å². The second-order valence-electron chi connectivity index (χ2n) is 14.4. The molecule has 10 aromatic heterocycles. The molecular formula is C44H20Br8S10. The van der Waals surface area contributed by atoms with E-state index in [-0.39, 0.29) is 0 Å². The lowest BCUT2D eigenvalue weighted by molar-refractivity contribution is 1.52. The molecule has 0 amide bonds. The summed E-state index contributed by atoms with van der Waals surface area (Å²) in [5, 5.41) is 2.56. The van der Waals surface area contributed by atoms with Crippen LogP contribution in [0.5, 0.6) is 0 Å². The molecule has 0 unspecified atom stereocenters. The lowest BCUT2D eigenvalue weighted by atomic mass is 10.2. The first-order valence-electron chi connectivity index (χ1n) is 18.2. The van der Waals surface area contributed by atoms with E-state index in [1.54, 1.807) is 0 Å². The molecule has 18 heteroatoms. The number of hydrogen-bond acceptors (Lipinski definition) is 10. The van der Waals surface area contributed by atoms with Gasteiger partial charge >= 0.3 is 0 Å². The molecular weight excluding hydrogens is 1490 g/mol. The summed E-state index contributed by atoms with van der Waals surface area (Å²) >= 11 is 49.9. The van der Waals surface area contributed by atoms with Gasteiger partial charge < -0.3 is 0 Å². The molecule has 0 radical (unpaired) electrons. The van der Waals surface area contributed by atoms with Crippen LogP contribution in [0.15, 0.2) is 84.3 Å².